The number of hydrogen-bond acceptors (Lipinski definition) is 2. The van der Waals surface area contributed by atoms with E-state index in [4.69, 9.17) is 5.11 Å². The van der Waals surface area contributed by atoms with Gasteiger partial charge < -0.3 is 10.4 Å². The van der Waals surface area contributed by atoms with E-state index in [0.717, 1.165) is 0 Å². The molecule has 1 aromatic carbocycles. The average Bonchev–Trinajstić information content (AvgIpc) is 2.19. The number of benzene rings is 1. The Morgan fingerprint density at radius 1 is 1.46 bits per heavy atom. The summed E-state index contributed by atoms with van der Waals surface area (Å²) in [6.45, 7) is 1.71. The van der Waals surface area contributed by atoms with Crippen molar-refractivity contribution in [2.24, 2.45) is 0 Å². The molecule has 0 fully saturated rings. The molecule has 1 rings (SSSR count). The zero-order valence-corrected chi connectivity index (χ0v) is 7.53. The van der Waals surface area contributed by atoms with Crippen LogP contribution in [-0.4, -0.2) is 23.7 Å². The maximum absolute atomic E-state index is 11.4. The molecule has 1 atom stereocenters. The molecule has 1 unspecified atom stereocenters. The van der Waals surface area contributed by atoms with Crippen LogP contribution in [0.15, 0.2) is 30.3 Å². The van der Waals surface area contributed by atoms with Gasteiger partial charge in [-0.15, -0.1) is 0 Å². The molecule has 0 aliphatic rings. The normalized spacial score (nSPS) is 12.2. The van der Waals surface area contributed by atoms with Gasteiger partial charge in [0, 0.05) is 11.6 Å². The lowest BCUT2D eigenvalue weighted by atomic mass is 10.2. The van der Waals surface area contributed by atoms with Crippen LogP contribution in [0.25, 0.3) is 0 Å². The molecule has 1 amide bonds. The van der Waals surface area contributed by atoms with Crippen LogP contribution in [0, 0.1) is 0 Å². The monoisotopic (exact) mass is 179 g/mol. The Morgan fingerprint density at radius 2 is 2.08 bits per heavy atom. The minimum atomic E-state index is -0.201. The lowest BCUT2D eigenvalue weighted by Crippen LogP contribution is -2.34. The Kier molecular flexibility index (Phi) is 3.46. The van der Waals surface area contributed by atoms with Crippen molar-refractivity contribution in [1.29, 1.82) is 0 Å². The zero-order valence-electron chi connectivity index (χ0n) is 7.53. The standard InChI is InChI=1S/C10H13NO2/c1-8(7-12)11-10(13)9-5-3-2-4-6-9/h2-6,8,12H,7H2,1H3,(H,11,13). The van der Waals surface area contributed by atoms with E-state index in [0.29, 0.717) is 5.56 Å². The number of hydrogen-bond donors (Lipinski definition) is 2. The summed E-state index contributed by atoms with van der Waals surface area (Å²) in [6.07, 6.45) is 0. The molecule has 0 aliphatic carbocycles. The van der Waals surface area contributed by atoms with Crippen molar-refractivity contribution in [3.63, 3.8) is 0 Å². The summed E-state index contributed by atoms with van der Waals surface area (Å²) in [5.74, 6) is -0.151. The highest BCUT2D eigenvalue weighted by Crippen LogP contribution is 1.98. The predicted octanol–water partition coefficient (Wildman–Crippen LogP) is 0.797. The third-order valence-corrected chi connectivity index (χ3v) is 1.69. The topological polar surface area (TPSA) is 49.3 Å². The molecular formula is C10H13NO2. The second-order valence-corrected chi connectivity index (χ2v) is 2.92. The Bertz CT molecular complexity index is 272. The van der Waals surface area contributed by atoms with Crippen LogP contribution in [0.4, 0.5) is 0 Å². The Labute approximate surface area is 77.4 Å². The molecule has 13 heavy (non-hydrogen) atoms. The molecule has 0 bridgehead atoms. The number of amides is 1. The highest BCUT2D eigenvalue weighted by molar-refractivity contribution is 5.94. The van der Waals surface area contributed by atoms with Gasteiger partial charge in [-0.3, -0.25) is 4.79 Å². The minimum Gasteiger partial charge on any atom is -0.394 e. The molecule has 0 saturated carbocycles. The van der Waals surface area contributed by atoms with Crippen LogP contribution in [0.5, 0.6) is 0 Å². The largest absolute Gasteiger partial charge is 0.394 e. The molecular weight excluding hydrogens is 166 g/mol. The van der Waals surface area contributed by atoms with Gasteiger partial charge in [-0.1, -0.05) is 18.2 Å². The SMILES string of the molecule is CC(CO)NC(=O)c1ccccc1. The zero-order chi connectivity index (χ0) is 9.68. The van der Waals surface area contributed by atoms with Crippen molar-refractivity contribution in [3.8, 4) is 0 Å². The highest BCUT2D eigenvalue weighted by Gasteiger charge is 2.07. The molecule has 2 N–H and O–H groups in total. The predicted molar refractivity (Wildman–Crippen MR) is 50.5 cm³/mol. The molecule has 0 aliphatic heterocycles. The van der Waals surface area contributed by atoms with Crippen LogP contribution in [0.2, 0.25) is 0 Å². The molecule has 3 heteroatoms. The number of carbonyl (C=O) groups is 1. The van der Waals surface area contributed by atoms with Crippen molar-refractivity contribution in [1.82, 2.24) is 5.32 Å². The van der Waals surface area contributed by atoms with Crippen molar-refractivity contribution in [2.75, 3.05) is 6.61 Å². The number of carbonyl (C=O) groups excluding carboxylic acids is 1. The van der Waals surface area contributed by atoms with Gasteiger partial charge in [0.15, 0.2) is 0 Å². The maximum atomic E-state index is 11.4. The van der Waals surface area contributed by atoms with Crippen molar-refractivity contribution < 1.29 is 9.90 Å². The Balaban J connectivity index is 2.59. The molecule has 0 spiro atoms. The van der Waals surface area contributed by atoms with Gasteiger partial charge in [0.2, 0.25) is 0 Å². The van der Waals surface area contributed by atoms with Gasteiger partial charge in [0.05, 0.1) is 6.61 Å². The fourth-order valence-corrected chi connectivity index (χ4v) is 0.942. The van der Waals surface area contributed by atoms with E-state index in [1.165, 1.54) is 0 Å². The summed E-state index contributed by atoms with van der Waals surface area (Å²) in [6, 6.07) is 8.73. The van der Waals surface area contributed by atoms with Crippen molar-refractivity contribution in [3.05, 3.63) is 35.9 Å². The van der Waals surface area contributed by atoms with Gasteiger partial charge >= 0.3 is 0 Å². The second-order valence-electron chi connectivity index (χ2n) is 2.92. The van der Waals surface area contributed by atoms with E-state index in [1.807, 2.05) is 6.07 Å². The van der Waals surface area contributed by atoms with Crippen molar-refractivity contribution in [2.45, 2.75) is 13.0 Å². The summed E-state index contributed by atoms with van der Waals surface area (Å²) < 4.78 is 0. The first-order valence-corrected chi connectivity index (χ1v) is 4.21. The van der Waals surface area contributed by atoms with E-state index in [-0.39, 0.29) is 18.6 Å². The molecule has 0 heterocycles. The van der Waals surface area contributed by atoms with Gasteiger partial charge in [-0.05, 0) is 19.1 Å². The van der Waals surface area contributed by atoms with Crippen LogP contribution in [0.1, 0.15) is 17.3 Å². The van der Waals surface area contributed by atoms with E-state index < -0.39 is 0 Å². The van der Waals surface area contributed by atoms with E-state index in [9.17, 15) is 4.79 Å². The van der Waals surface area contributed by atoms with Gasteiger partial charge in [0.25, 0.3) is 5.91 Å². The van der Waals surface area contributed by atoms with Crippen molar-refractivity contribution >= 4 is 5.91 Å². The second kappa shape index (κ2) is 4.62. The van der Waals surface area contributed by atoms with E-state index >= 15 is 0 Å². The van der Waals surface area contributed by atoms with Crippen LogP contribution < -0.4 is 5.32 Å². The van der Waals surface area contributed by atoms with Crippen LogP contribution in [0.3, 0.4) is 0 Å². The molecule has 70 valence electrons. The minimum absolute atomic E-state index is 0.0431. The third-order valence-electron chi connectivity index (χ3n) is 1.69. The van der Waals surface area contributed by atoms with E-state index in [2.05, 4.69) is 5.32 Å². The first-order chi connectivity index (χ1) is 6.24. The first-order valence-electron chi connectivity index (χ1n) is 4.21. The summed E-state index contributed by atoms with van der Waals surface area (Å²) in [5.41, 5.74) is 0.614. The third kappa shape index (κ3) is 2.87. The Morgan fingerprint density at radius 3 is 2.62 bits per heavy atom. The number of aliphatic hydroxyl groups is 1. The fourth-order valence-electron chi connectivity index (χ4n) is 0.942. The van der Waals surface area contributed by atoms with Crippen LogP contribution in [-0.2, 0) is 0 Å². The quantitative estimate of drug-likeness (QED) is 0.721. The molecule has 3 nitrogen and oxygen atoms in total. The van der Waals surface area contributed by atoms with Crippen LogP contribution >= 0.6 is 0 Å². The summed E-state index contributed by atoms with van der Waals surface area (Å²) >= 11 is 0. The fraction of sp³-hybridized carbons (Fsp3) is 0.300. The van der Waals surface area contributed by atoms with Gasteiger partial charge in [0.1, 0.15) is 0 Å². The number of rotatable bonds is 3. The maximum Gasteiger partial charge on any atom is 0.251 e. The Hall–Kier alpha value is -1.35. The number of nitrogens with one attached hydrogen (secondary N) is 1. The van der Waals surface area contributed by atoms with Gasteiger partial charge in [-0.25, -0.2) is 0 Å². The number of aliphatic hydroxyl groups excluding tert-OH is 1. The first kappa shape index (κ1) is 9.74. The molecule has 0 aromatic heterocycles. The lowest BCUT2D eigenvalue weighted by Gasteiger charge is -2.10. The average molecular weight is 179 g/mol. The molecule has 0 radical (unpaired) electrons. The smallest absolute Gasteiger partial charge is 0.251 e. The lowest BCUT2D eigenvalue weighted by molar-refractivity contribution is 0.0922. The molecule has 1 aromatic rings. The summed E-state index contributed by atoms with van der Waals surface area (Å²) in [4.78, 5) is 11.4. The van der Waals surface area contributed by atoms with Gasteiger partial charge in [-0.2, -0.15) is 0 Å². The summed E-state index contributed by atoms with van der Waals surface area (Å²) in [7, 11) is 0. The summed E-state index contributed by atoms with van der Waals surface area (Å²) in [5, 5.41) is 11.4. The molecule has 0 saturated heterocycles. The highest BCUT2D eigenvalue weighted by atomic mass is 16.3. The van der Waals surface area contributed by atoms with E-state index in [1.54, 1.807) is 31.2 Å².